The number of carbonyl (C=O) groups is 1. The van der Waals surface area contributed by atoms with Gasteiger partial charge in [0.2, 0.25) is 5.91 Å². The van der Waals surface area contributed by atoms with Crippen molar-refractivity contribution < 1.29 is 14.3 Å². The van der Waals surface area contributed by atoms with Gasteiger partial charge in [0, 0.05) is 30.6 Å². The van der Waals surface area contributed by atoms with Crippen molar-refractivity contribution in [2.45, 2.75) is 20.0 Å². The largest absolute Gasteiger partial charge is 0.494 e. The monoisotopic (exact) mass is 402 g/mol. The molecule has 5 nitrogen and oxygen atoms in total. The van der Waals surface area contributed by atoms with Crippen LogP contribution in [0.5, 0.6) is 11.5 Å². The predicted octanol–water partition coefficient (Wildman–Crippen LogP) is 4.57. The third-order valence-corrected chi connectivity index (χ3v) is 4.35. The first-order chi connectivity index (χ1) is 14.7. The van der Waals surface area contributed by atoms with Gasteiger partial charge in [-0.25, -0.2) is 0 Å². The van der Waals surface area contributed by atoms with E-state index in [2.05, 4.69) is 10.3 Å². The number of amides is 1. The predicted molar refractivity (Wildman–Crippen MR) is 118 cm³/mol. The van der Waals surface area contributed by atoms with E-state index in [9.17, 15) is 4.79 Å². The maximum absolute atomic E-state index is 11.9. The van der Waals surface area contributed by atoms with E-state index >= 15 is 0 Å². The summed E-state index contributed by atoms with van der Waals surface area (Å²) in [4.78, 5) is 16.0. The minimum absolute atomic E-state index is 0.123. The lowest BCUT2D eigenvalue weighted by molar-refractivity contribution is -0.116. The summed E-state index contributed by atoms with van der Waals surface area (Å²) < 4.78 is 11.4. The number of pyridine rings is 1. The number of rotatable bonds is 10. The van der Waals surface area contributed by atoms with Gasteiger partial charge >= 0.3 is 0 Å². The fourth-order valence-electron chi connectivity index (χ4n) is 2.66. The quantitative estimate of drug-likeness (QED) is 0.399. The van der Waals surface area contributed by atoms with Crippen molar-refractivity contribution in [3.05, 3.63) is 95.8 Å². The van der Waals surface area contributed by atoms with Gasteiger partial charge in [-0.1, -0.05) is 35.9 Å². The molecule has 1 aromatic heterocycles. The van der Waals surface area contributed by atoms with Crippen LogP contribution < -0.4 is 14.8 Å². The molecule has 0 spiro atoms. The molecule has 0 aliphatic heterocycles. The highest BCUT2D eigenvalue weighted by Gasteiger charge is 1.99. The van der Waals surface area contributed by atoms with Crippen molar-refractivity contribution in [1.29, 1.82) is 0 Å². The highest BCUT2D eigenvalue weighted by atomic mass is 16.5. The Bertz CT molecular complexity index is 936. The van der Waals surface area contributed by atoms with Gasteiger partial charge in [0.05, 0.1) is 6.61 Å². The third kappa shape index (κ3) is 7.43. The van der Waals surface area contributed by atoms with Gasteiger partial charge in [0.1, 0.15) is 18.1 Å². The first-order valence-corrected chi connectivity index (χ1v) is 9.96. The number of aromatic nitrogens is 1. The van der Waals surface area contributed by atoms with Crippen LogP contribution in [-0.2, 0) is 11.4 Å². The molecule has 5 heteroatoms. The molecular formula is C25H26N2O3. The van der Waals surface area contributed by atoms with Crippen LogP contribution in [0.2, 0.25) is 0 Å². The average Bonchev–Trinajstić information content (AvgIpc) is 2.79. The summed E-state index contributed by atoms with van der Waals surface area (Å²) in [5, 5.41) is 2.86. The van der Waals surface area contributed by atoms with Gasteiger partial charge in [0.15, 0.2) is 0 Å². The highest BCUT2D eigenvalue weighted by Crippen LogP contribution is 2.15. The SMILES string of the molecule is Cc1ccc(OCCCNC(=O)/C=C/c2ccc(OCc3cccnc3)cc2)cc1. The summed E-state index contributed by atoms with van der Waals surface area (Å²) in [6.45, 7) is 3.64. The fourth-order valence-corrected chi connectivity index (χ4v) is 2.66. The molecule has 3 aromatic rings. The molecule has 0 aliphatic carbocycles. The van der Waals surface area contributed by atoms with Crippen LogP contribution in [0.25, 0.3) is 6.08 Å². The van der Waals surface area contributed by atoms with Crippen LogP contribution in [0.4, 0.5) is 0 Å². The molecule has 1 amide bonds. The number of nitrogens with one attached hydrogen (secondary N) is 1. The molecule has 3 rings (SSSR count). The van der Waals surface area contributed by atoms with Crippen LogP contribution in [0, 0.1) is 6.92 Å². The second kappa shape index (κ2) is 11.4. The minimum atomic E-state index is -0.123. The second-order valence-electron chi connectivity index (χ2n) is 6.86. The van der Waals surface area contributed by atoms with Gasteiger partial charge in [0.25, 0.3) is 0 Å². The van der Waals surface area contributed by atoms with Crippen LogP contribution in [0.15, 0.2) is 79.1 Å². The van der Waals surface area contributed by atoms with E-state index in [0.717, 1.165) is 29.0 Å². The van der Waals surface area contributed by atoms with Crippen molar-refractivity contribution >= 4 is 12.0 Å². The average molecular weight is 402 g/mol. The first-order valence-electron chi connectivity index (χ1n) is 9.96. The lowest BCUT2D eigenvalue weighted by Gasteiger charge is -2.07. The Morgan fingerprint density at radius 1 is 1.00 bits per heavy atom. The number of ether oxygens (including phenoxy) is 2. The third-order valence-electron chi connectivity index (χ3n) is 4.35. The number of carbonyl (C=O) groups excluding carboxylic acids is 1. The maximum atomic E-state index is 11.9. The Morgan fingerprint density at radius 3 is 2.47 bits per heavy atom. The zero-order valence-electron chi connectivity index (χ0n) is 17.1. The van der Waals surface area contributed by atoms with E-state index in [1.807, 2.05) is 67.6 Å². The zero-order chi connectivity index (χ0) is 21.0. The van der Waals surface area contributed by atoms with Crippen molar-refractivity contribution in [3.63, 3.8) is 0 Å². The molecule has 0 saturated heterocycles. The van der Waals surface area contributed by atoms with Gasteiger partial charge in [-0.2, -0.15) is 0 Å². The van der Waals surface area contributed by atoms with Crippen LogP contribution >= 0.6 is 0 Å². The summed E-state index contributed by atoms with van der Waals surface area (Å²) in [6, 6.07) is 19.4. The first kappa shape index (κ1) is 21.1. The van der Waals surface area contributed by atoms with Crippen molar-refractivity contribution in [1.82, 2.24) is 10.3 Å². The van der Waals surface area contributed by atoms with Crippen LogP contribution in [0.3, 0.4) is 0 Å². The Balaban J connectivity index is 1.33. The van der Waals surface area contributed by atoms with E-state index in [1.54, 1.807) is 18.5 Å². The summed E-state index contributed by atoms with van der Waals surface area (Å²) in [5.41, 5.74) is 3.15. The van der Waals surface area contributed by atoms with Gasteiger partial charge < -0.3 is 14.8 Å². The standard InChI is InChI=1S/C25H26N2O3/c1-20-5-10-23(11-6-20)29-17-3-16-27-25(28)14-9-21-7-12-24(13-8-21)30-19-22-4-2-15-26-18-22/h2,4-15,18H,3,16-17,19H2,1H3,(H,27,28)/b14-9+. The van der Waals surface area contributed by atoms with Crippen molar-refractivity contribution in [2.75, 3.05) is 13.2 Å². The second-order valence-corrected chi connectivity index (χ2v) is 6.86. The smallest absolute Gasteiger partial charge is 0.244 e. The minimum Gasteiger partial charge on any atom is -0.494 e. The van der Waals surface area contributed by atoms with Gasteiger partial charge in [-0.15, -0.1) is 0 Å². The molecule has 0 fully saturated rings. The zero-order valence-corrected chi connectivity index (χ0v) is 17.1. The molecular weight excluding hydrogens is 376 g/mol. The summed E-state index contributed by atoms with van der Waals surface area (Å²) in [5.74, 6) is 1.50. The molecule has 154 valence electrons. The topological polar surface area (TPSA) is 60.5 Å². The Labute approximate surface area is 177 Å². The molecule has 0 unspecified atom stereocenters. The lowest BCUT2D eigenvalue weighted by Crippen LogP contribution is -2.23. The number of aryl methyl sites for hydroxylation is 1. The Kier molecular flexibility index (Phi) is 8.03. The van der Waals surface area contributed by atoms with E-state index in [0.29, 0.717) is 19.8 Å². The van der Waals surface area contributed by atoms with E-state index in [4.69, 9.17) is 9.47 Å². The summed E-state index contributed by atoms with van der Waals surface area (Å²) in [6.07, 6.45) is 7.58. The number of nitrogens with zero attached hydrogens (tertiary/aromatic N) is 1. The van der Waals surface area contributed by atoms with E-state index in [-0.39, 0.29) is 5.91 Å². The number of hydrogen-bond donors (Lipinski definition) is 1. The Morgan fingerprint density at radius 2 is 1.73 bits per heavy atom. The number of benzene rings is 2. The molecule has 2 aromatic carbocycles. The molecule has 30 heavy (non-hydrogen) atoms. The van der Waals surface area contributed by atoms with Crippen LogP contribution in [0.1, 0.15) is 23.1 Å². The fraction of sp³-hybridized carbons (Fsp3) is 0.200. The Hall–Kier alpha value is -3.60. The molecule has 0 saturated carbocycles. The molecule has 0 aliphatic rings. The molecule has 1 heterocycles. The van der Waals surface area contributed by atoms with E-state index < -0.39 is 0 Å². The summed E-state index contributed by atoms with van der Waals surface area (Å²) in [7, 11) is 0. The van der Waals surface area contributed by atoms with Crippen molar-refractivity contribution in [2.24, 2.45) is 0 Å². The normalized spacial score (nSPS) is 10.7. The molecule has 0 atom stereocenters. The molecule has 0 radical (unpaired) electrons. The molecule has 0 bridgehead atoms. The summed E-state index contributed by atoms with van der Waals surface area (Å²) >= 11 is 0. The lowest BCUT2D eigenvalue weighted by atomic mass is 10.2. The highest BCUT2D eigenvalue weighted by molar-refractivity contribution is 5.91. The van der Waals surface area contributed by atoms with Crippen LogP contribution in [-0.4, -0.2) is 24.0 Å². The van der Waals surface area contributed by atoms with Gasteiger partial charge in [-0.3, -0.25) is 9.78 Å². The van der Waals surface area contributed by atoms with Gasteiger partial charge in [-0.05, 0) is 55.3 Å². The maximum Gasteiger partial charge on any atom is 0.244 e. The van der Waals surface area contributed by atoms with Crippen molar-refractivity contribution in [3.8, 4) is 11.5 Å². The van der Waals surface area contributed by atoms with E-state index in [1.165, 1.54) is 11.6 Å². The number of hydrogen-bond acceptors (Lipinski definition) is 4. The molecule has 1 N–H and O–H groups in total.